The van der Waals surface area contributed by atoms with Crippen LogP contribution in [0.2, 0.25) is 0 Å². The molecular weight excluding hydrogens is 528 g/mol. The van der Waals surface area contributed by atoms with Crippen LogP contribution < -0.4 is 21.3 Å². The van der Waals surface area contributed by atoms with Crippen LogP contribution in [-0.4, -0.2) is 106 Å². The van der Waals surface area contributed by atoms with E-state index in [0.717, 1.165) is 45.3 Å². The minimum absolute atomic E-state index is 0.0393. The Balaban J connectivity index is 1.36. The van der Waals surface area contributed by atoms with Gasteiger partial charge >= 0.3 is 0 Å². The molecule has 2 saturated heterocycles. The second kappa shape index (κ2) is 15.8. The SMILES string of the molecule is CCOC1CC2NCC(C#N)C(NC3CCC(OCC4CCCCN4)C(Cl)C3)C2CC1NC(=O)/C=C/CN(C)C. The van der Waals surface area contributed by atoms with Crippen molar-refractivity contribution in [3.63, 3.8) is 0 Å². The third-order valence-electron chi connectivity index (χ3n) is 9.15. The topological polar surface area (TPSA) is 111 Å². The number of nitrogens with one attached hydrogen (secondary N) is 4. The summed E-state index contributed by atoms with van der Waals surface area (Å²) in [7, 11) is 3.95. The number of rotatable bonds is 11. The molecular formula is C30H51ClN6O3. The number of fused-ring (bicyclic) bond motifs is 1. The zero-order valence-corrected chi connectivity index (χ0v) is 25.4. The van der Waals surface area contributed by atoms with E-state index in [1.54, 1.807) is 6.08 Å². The first-order chi connectivity index (χ1) is 19.4. The van der Waals surface area contributed by atoms with Crippen LogP contribution in [0.3, 0.4) is 0 Å². The third-order valence-corrected chi connectivity index (χ3v) is 9.61. The van der Waals surface area contributed by atoms with E-state index in [1.165, 1.54) is 19.3 Å². The Morgan fingerprint density at radius 3 is 2.67 bits per heavy atom. The Labute approximate surface area is 246 Å². The maximum Gasteiger partial charge on any atom is 0.244 e. The molecule has 226 valence electrons. The number of carbonyl (C=O) groups excluding carboxylic acids is 1. The largest absolute Gasteiger partial charge is 0.376 e. The second-order valence-electron chi connectivity index (χ2n) is 12.4. The second-order valence-corrected chi connectivity index (χ2v) is 13.0. The van der Waals surface area contributed by atoms with Crippen LogP contribution in [0.1, 0.15) is 58.3 Å². The molecule has 1 amide bonds. The molecule has 0 spiro atoms. The minimum Gasteiger partial charge on any atom is -0.376 e. The fourth-order valence-electron chi connectivity index (χ4n) is 7.06. The van der Waals surface area contributed by atoms with Gasteiger partial charge in [-0.15, -0.1) is 11.6 Å². The highest BCUT2D eigenvalue weighted by atomic mass is 35.5. The highest BCUT2D eigenvalue weighted by molar-refractivity contribution is 6.21. The summed E-state index contributed by atoms with van der Waals surface area (Å²) in [4.78, 5) is 14.8. The number of alkyl halides is 1. The zero-order chi connectivity index (χ0) is 28.5. The molecule has 2 heterocycles. The van der Waals surface area contributed by atoms with Crippen LogP contribution in [0.15, 0.2) is 12.2 Å². The minimum atomic E-state index is -0.138. The maximum absolute atomic E-state index is 12.8. The molecule has 4 fully saturated rings. The van der Waals surface area contributed by atoms with Gasteiger partial charge in [0.1, 0.15) is 0 Å². The average molecular weight is 579 g/mol. The summed E-state index contributed by atoms with van der Waals surface area (Å²) in [5.41, 5.74) is 0. The fraction of sp³-hybridized carbons (Fsp3) is 0.867. The molecule has 0 aromatic heterocycles. The Hall–Kier alpha value is -1.25. The highest BCUT2D eigenvalue weighted by Gasteiger charge is 2.47. The molecule has 2 aliphatic carbocycles. The van der Waals surface area contributed by atoms with Crippen LogP contribution in [0.25, 0.3) is 0 Å². The lowest BCUT2D eigenvalue weighted by Crippen LogP contribution is -2.66. The number of piperidine rings is 2. The normalized spacial score (nSPS) is 38.6. The van der Waals surface area contributed by atoms with Crippen LogP contribution in [0, 0.1) is 23.2 Å². The van der Waals surface area contributed by atoms with Gasteiger partial charge in [0.15, 0.2) is 0 Å². The van der Waals surface area contributed by atoms with Crippen molar-refractivity contribution in [3.05, 3.63) is 12.2 Å². The van der Waals surface area contributed by atoms with E-state index in [1.807, 2.05) is 32.0 Å². The first-order valence-electron chi connectivity index (χ1n) is 15.5. The molecule has 4 aliphatic rings. The first kappa shape index (κ1) is 31.7. The number of halogens is 1. The van der Waals surface area contributed by atoms with E-state index < -0.39 is 0 Å². The number of nitriles is 1. The van der Waals surface area contributed by atoms with E-state index in [9.17, 15) is 10.1 Å². The summed E-state index contributed by atoms with van der Waals surface area (Å²) in [6.07, 6.45) is 11.6. The van der Waals surface area contributed by atoms with Gasteiger partial charge in [0.2, 0.25) is 5.91 Å². The zero-order valence-electron chi connectivity index (χ0n) is 24.6. The number of likely N-dealkylation sites (N-methyl/N-ethyl adjacent to an activating group) is 1. The standard InChI is InChI=1S/C30H51ClN6O3/c1-4-39-28-16-25-23(15-26(28)36-29(38)9-7-13-37(2)3)30(20(17-32)18-34-25)35-21-10-11-27(24(31)14-21)40-19-22-8-5-6-12-33-22/h7,9,20-28,30,33-35H,4-6,8,10-16,18-19H2,1-3H3,(H,36,38)/b9-7+. The molecule has 40 heavy (non-hydrogen) atoms. The van der Waals surface area contributed by atoms with E-state index in [0.29, 0.717) is 25.7 Å². The van der Waals surface area contributed by atoms with Crippen molar-refractivity contribution in [2.24, 2.45) is 11.8 Å². The summed E-state index contributed by atoms with van der Waals surface area (Å²) in [6.45, 7) is 5.79. The van der Waals surface area contributed by atoms with Crippen molar-refractivity contribution >= 4 is 17.5 Å². The molecule has 0 aromatic carbocycles. The highest BCUT2D eigenvalue weighted by Crippen LogP contribution is 2.36. The Morgan fingerprint density at radius 1 is 1.12 bits per heavy atom. The molecule has 10 unspecified atom stereocenters. The number of nitrogens with zero attached hydrogens (tertiary/aromatic N) is 2. The number of hydrogen-bond donors (Lipinski definition) is 4. The Morgan fingerprint density at radius 2 is 1.98 bits per heavy atom. The van der Waals surface area contributed by atoms with E-state index in [-0.39, 0.29) is 59.5 Å². The number of amides is 1. The Kier molecular flexibility index (Phi) is 12.5. The van der Waals surface area contributed by atoms with Gasteiger partial charge in [-0.3, -0.25) is 4.79 Å². The predicted octanol–water partition coefficient (Wildman–Crippen LogP) is 2.16. The third kappa shape index (κ3) is 8.87. The lowest BCUT2D eigenvalue weighted by molar-refractivity contribution is -0.120. The smallest absolute Gasteiger partial charge is 0.244 e. The van der Waals surface area contributed by atoms with Crippen molar-refractivity contribution in [2.45, 2.75) is 106 Å². The van der Waals surface area contributed by atoms with Gasteiger partial charge in [-0.25, -0.2) is 0 Å². The summed E-state index contributed by atoms with van der Waals surface area (Å²) >= 11 is 6.88. The maximum atomic E-state index is 12.8. The van der Waals surface area contributed by atoms with Crippen LogP contribution in [-0.2, 0) is 14.3 Å². The molecule has 0 aromatic rings. The van der Waals surface area contributed by atoms with Gasteiger partial charge < -0.3 is 35.6 Å². The average Bonchev–Trinajstić information content (AvgIpc) is 2.94. The molecule has 10 atom stereocenters. The molecule has 0 radical (unpaired) electrons. The summed E-state index contributed by atoms with van der Waals surface area (Å²) in [5.74, 6) is -0.0144. The molecule has 0 bridgehead atoms. The van der Waals surface area contributed by atoms with Crippen molar-refractivity contribution < 1.29 is 14.3 Å². The summed E-state index contributed by atoms with van der Waals surface area (Å²) in [5, 5.41) is 24.3. The molecule has 4 rings (SSSR count). The molecule has 2 saturated carbocycles. The van der Waals surface area contributed by atoms with Gasteiger partial charge in [0.25, 0.3) is 0 Å². The first-order valence-corrected chi connectivity index (χ1v) is 15.9. The lowest BCUT2D eigenvalue weighted by atomic mass is 9.69. The quantitative estimate of drug-likeness (QED) is 0.218. The number of hydrogen-bond acceptors (Lipinski definition) is 8. The van der Waals surface area contributed by atoms with Crippen molar-refractivity contribution in [1.82, 2.24) is 26.2 Å². The van der Waals surface area contributed by atoms with Crippen LogP contribution in [0.4, 0.5) is 0 Å². The van der Waals surface area contributed by atoms with Gasteiger partial charge in [-0.2, -0.15) is 5.26 Å². The van der Waals surface area contributed by atoms with Gasteiger partial charge in [-0.1, -0.05) is 12.5 Å². The van der Waals surface area contributed by atoms with Crippen molar-refractivity contribution in [1.29, 1.82) is 5.26 Å². The summed E-state index contributed by atoms with van der Waals surface area (Å²) in [6, 6.07) is 3.44. The summed E-state index contributed by atoms with van der Waals surface area (Å²) < 4.78 is 12.4. The van der Waals surface area contributed by atoms with E-state index in [4.69, 9.17) is 21.1 Å². The molecule has 10 heteroatoms. The fourth-order valence-corrected chi connectivity index (χ4v) is 7.47. The van der Waals surface area contributed by atoms with Gasteiger partial charge in [0.05, 0.1) is 42.2 Å². The van der Waals surface area contributed by atoms with Gasteiger partial charge in [-0.05, 0) is 78.4 Å². The lowest BCUT2D eigenvalue weighted by Gasteiger charge is -2.50. The monoisotopic (exact) mass is 578 g/mol. The Bertz CT molecular complexity index is 863. The van der Waals surface area contributed by atoms with Crippen LogP contribution >= 0.6 is 11.6 Å². The molecule has 9 nitrogen and oxygen atoms in total. The van der Waals surface area contributed by atoms with Gasteiger partial charge in [0, 0.05) is 49.9 Å². The molecule has 2 aliphatic heterocycles. The molecule has 4 N–H and O–H groups in total. The van der Waals surface area contributed by atoms with Crippen molar-refractivity contribution in [3.8, 4) is 6.07 Å². The van der Waals surface area contributed by atoms with Crippen LogP contribution in [0.5, 0.6) is 0 Å². The van der Waals surface area contributed by atoms with Crippen molar-refractivity contribution in [2.75, 3.05) is 46.9 Å². The number of carbonyl (C=O) groups is 1. The van der Waals surface area contributed by atoms with E-state index in [2.05, 4.69) is 27.3 Å². The number of ether oxygens (including phenoxy) is 2. The predicted molar refractivity (Wildman–Crippen MR) is 158 cm³/mol. The van der Waals surface area contributed by atoms with E-state index >= 15 is 0 Å².